The third-order valence-corrected chi connectivity index (χ3v) is 5.05. The SMILES string of the molecule is Cc1ccc2c(Br)c(Br)cnc2c1Br. The summed E-state index contributed by atoms with van der Waals surface area (Å²) in [6.45, 7) is 2.06. The molecule has 0 fully saturated rings. The third-order valence-electron chi connectivity index (χ3n) is 2.06. The standard InChI is InChI=1S/C10H6Br3N/c1-5-2-3-6-9(13)7(11)4-14-10(6)8(5)12/h2-4H,1H3. The molecule has 14 heavy (non-hydrogen) atoms. The molecular weight excluding hydrogens is 374 g/mol. The molecule has 0 spiro atoms. The molecule has 2 rings (SSSR count). The second kappa shape index (κ2) is 3.91. The summed E-state index contributed by atoms with van der Waals surface area (Å²) in [5.74, 6) is 0. The Hall–Kier alpha value is 0.0700. The molecule has 0 aliphatic rings. The molecule has 1 heterocycles. The zero-order valence-electron chi connectivity index (χ0n) is 7.31. The number of hydrogen-bond acceptors (Lipinski definition) is 1. The van der Waals surface area contributed by atoms with E-state index >= 15 is 0 Å². The average molecular weight is 380 g/mol. The summed E-state index contributed by atoms with van der Waals surface area (Å²) in [4.78, 5) is 4.38. The number of benzene rings is 1. The van der Waals surface area contributed by atoms with Crippen molar-refractivity contribution in [2.75, 3.05) is 0 Å². The fourth-order valence-electron chi connectivity index (χ4n) is 1.28. The van der Waals surface area contributed by atoms with Crippen LogP contribution in [-0.2, 0) is 0 Å². The van der Waals surface area contributed by atoms with Gasteiger partial charge in [0.15, 0.2) is 0 Å². The Morgan fingerprint density at radius 2 is 1.79 bits per heavy atom. The fourth-order valence-corrected chi connectivity index (χ4v) is 2.46. The lowest BCUT2D eigenvalue weighted by Crippen LogP contribution is -1.85. The molecule has 72 valence electrons. The Labute approximate surface area is 107 Å². The maximum absolute atomic E-state index is 4.38. The Morgan fingerprint density at radius 3 is 2.50 bits per heavy atom. The van der Waals surface area contributed by atoms with Crippen molar-refractivity contribution in [2.24, 2.45) is 0 Å². The van der Waals surface area contributed by atoms with Gasteiger partial charge in [-0.25, -0.2) is 0 Å². The van der Waals surface area contributed by atoms with Crippen LogP contribution in [0.4, 0.5) is 0 Å². The highest BCUT2D eigenvalue weighted by Gasteiger charge is 2.08. The first kappa shape index (κ1) is 10.6. The highest BCUT2D eigenvalue weighted by atomic mass is 79.9. The molecule has 4 heteroatoms. The van der Waals surface area contributed by atoms with Crippen molar-refractivity contribution in [3.8, 4) is 0 Å². The Balaban J connectivity index is 2.94. The number of hydrogen-bond donors (Lipinski definition) is 0. The van der Waals surface area contributed by atoms with Crippen LogP contribution >= 0.6 is 47.8 Å². The van der Waals surface area contributed by atoms with Crippen LogP contribution in [0.3, 0.4) is 0 Å². The fraction of sp³-hybridized carbons (Fsp3) is 0.100. The van der Waals surface area contributed by atoms with E-state index in [-0.39, 0.29) is 0 Å². The molecule has 0 amide bonds. The van der Waals surface area contributed by atoms with E-state index in [1.807, 2.05) is 0 Å². The quantitative estimate of drug-likeness (QED) is 0.638. The predicted octanol–water partition coefficient (Wildman–Crippen LogP) is 4.83. The van der Waals surface area contributed by atoms with E-state index in [1.165, 1.54) is 5.56 Å². The molecule has 0 unspecified atom stereocenters. The Kier molecular flexibility index (Phi) is 2.96. The van der Waals surface area contributed by atoms with Crippen molar-refractivity contribution in [1.82, 2.24) is 4.98 Å². The summed E-state index contributed by atoms with van der Waals surface area (Å²) in [5.41, 5.74) is 2.18. The van der Waals surface area contributed by atoms with E-state index in [0.29, 0.717) is 0 Å². The number of halogens is 3. The summed E-state index contributed by atoms with van der Waals surface area (Å²) in [5, 5.41) is 1.11. The Bertz CT molecular complexity index is 461. The van der Waals surface area contributed by atoms with Gasteiger partial charge in [0.2, 0.25) is 0 Å². The van der Waals surface area contributed by atoms with Crippen molar-refractivity contribution < 1.29 is 0 Å². The molecule has 0 aliphatic carbocycles. The molecule has 0 bridgehead atoms. The molecule has 1 aromatic heterocycles. The highest BCUT2D eigenvalue weighted by Crippen LogP contribution is 2.34. The number of pyridine rings is 1. The second-order valence-electron chi connectivity index (χ2n) is 3.01. The largest absolute Gasteiger partial charge is 0.254 e. The summed E-state index contributed by atoms with van der Waals surface area (Å²) in [6, 6.07) is 4.14. The first-order valence-electron chi connectivity index (χ1n) is 4.00. The van der Waals surface area contributed by atoms with Crippen LogP contribution in [0.5, 0.6) is 0 Å². The maximum Gasteiger partial charge on any atom is 0.0858 e. The minimum Gasteiger partial charge on any atom is -0.254 e. The van der Waals surface area contributed by atoms with Gasteiger partial charge in [0, 0.05) is 20.5 Å². The minimum absolute atomic E-state index is 0.973. The monoisotopic (exact) mass is 377 g/mol. The van der Waals surface area contributed by atoms with Gasteiger partial charge in [0.25, 0.3) is 0 Å². The molecule has 0 atom stereocenters. The van der Waals surface area contributed by atoms with E-state index < -0.39 is 0 Å². The van der Waals surface area contributed by atoms with Crippen LogP contribution in [0, 0.1) is 6.92 Å². The zero-order chi connectivity index (χ0) is 10.3. The van der Waals surface area contributed by atoms with Crippen LogP contribution in [0.1, 0.15) is 5.56 Å². The van der Waals surface area contributed by atoms with Crippen molar-refractivity contribution in [1.29, 1.82) is 0 Å². The van der Waals surface area contributed by atoms with Gasteiger partial charge in [-0.2, -0.15) is 0 Å². The molecule has 0 saturated carbocycles. The van der Waals surface area contributed by atoms with Crippen LogP contribution < -0.4 is 0 Å². The number of nitrogens with zero attached hydrogens (tertiary/aromatic N) is 1. The summed E-state index contributed by atoms with van der Waals surface area (Å²) >= 11 is 10.5. The lowest BCUT2D eigenvalue weighted by Gasteiger charge is -2.05. The lowest BCUT2D eigenvalue weighted by atomic mass is 10.1. The van der Waals surface area contributed by atoms with Crippen molar-refractivity contribution >= 4 is 58.7 Å². The Morgan fingerprint density at radius 1 is 1.07 bits per heavy atom. The van der Waals surface area contributed by atoms with Crippen LogP contribution in [-0.4, -0.2) is 4.98 Å². The summed E-state index contributed by atoms with van der Waals surface area (Å²) < 4.78 is 3.08. The van der Waals surface area contributed by atoms with E-state index in [0.717, 1.165) is 24.3 Å². The molecule has 1 nitrogen and oxygen atoms in total. The molecule has 0 radical (unpaired) electrons. The van der Waals surface area contributed by atoms with Gasteiger partial charge < -0.3 is 0 Å². The average Bonchev–Trinajstić information content (AvgIpc) is 2.17. The van der Waals surface area contributed by atoms with Crippen molar-refractivity contribution in [3.05, 3.63) is 37.3 Å². The highest BCUT2D eigenvalue weighted by molar-refractivity contribution is 9.13. The van der Waals surface area contributed by atoms with Crippen LogP contribution in [0.25, 0.3) is 10.9 Å². The van der Waals surface area contributed by atoms with E-state index in [1.54, 1.807) is 6.20 Å². The van der Waals surface area contributed by atoms with Gasteiger partial charge >= 0.3 is 0 Å². The molecule has 0 saturated heterocycles. The zero-order valence-corrected chi connectivity index (χ0v) is 12.1. The molecule has 0 N–H and O–H groups in total. The maximum atomic E-state index is 4.38. The van der Waals surface area contributed by atoms with E-state index in [2.05, 4.69) is 71.8 Å². The molecule has 2 aromatic rings. The normalized spacial score (nSPS) is 10.9. The lowest BCUT2D eigenvalue weighted by molar-refractivity contribution is 1.34. The van der Waals surface area contributed by atoms with E-state index in [4.69, 9.17) is 0 Å². The van der Waals surface area contributed by atoms with Gasteiger partial charge in [0.05, 0.1) is 9.99 Å². The number of aromatic nitrogens is 1. The molecule has 0 aliphatic heterocycles. The molecule has 1 aromatic carbocycles. The van der Waals surface area contributed by atoms with Gasteiger partial charge in [-0.3, -0.25) is 4.98 Å². The van der Waals surface area contributed by atoms with Gasteiger partial charge in [0.1, 0.15) is 0 Å². The number of rotatable bonds is 0. The smallest absolute Gasteiger partial charge is 0.0858 e. The van der Waals surface area contributed by atoms with Crippen LogP contribution in [0.15, 0.2) is 31.7 Å². The summed E-state index contributed by atoms with van der Waals surface area (Å²) in [7, 11) is 0. The first-order chi connectivity index (χ1) is 6.61. The van der Waals surface area contributed by atoms with Gasteiger partial charge in [-0.05, 0) is 60.3 Å². The molecular formula is C10H6Br3N. The first-order valence-corrected chi connectivity index (χ1v) is 6.38. The minimum atomic E-state index is 0.973. The predicted molar refractivity (Wildman–Crippen MR) is 69.6 cm³/mol. The number of fused-ring (bicyclic) bond motifs is 1. The topological polar surface area (TPSA) is 12.9 Å². The van der Waals surface area contributed by atoms with Gasteiger partial charge in [-0.1, -0.05) is 12.1 Å². The second-order valence-corrected chi connectivity index (χ2v) is 5.45. The van der Waals surface area contributed by atoms with Crippen molar-refractivity contribution in [2.45, 2.75) is 6.92 Å². The van der Waals surface area contributed by atoms with Gasteiger partial charge in [-0.15, -0.1) is 0 Å². The van der Waals surface area contributed by atoms with E-state index in [9.17, 15) is 0 Å². The summed E-state index contributed by atoms with van der Waals surface area (Å²) in [6.07, 6.45) is 1.80. The third kappa shape index (κ3) is 1.64. The van der Waals surface area contributed by atoms with Crippen molar-refractivity contribution in [3.63, 3.8) is 0 Å². The number of aryl methyl sites for hydroxylation is 1. The van der Waals surface area contributed by atoms with Crippen LogP contribution in [0.2, 0.25) is 0 Å².